The van der Waals surface area contributed by atoms with Crippen LogP contribution in [0.4, 0.5) is 0 Å². The number of hydrogen-bond donors (Lipinski definition) is 1. The number of para-hydroxylation sites is 2. The van der Waals surface area contributed by atoms with Gasteiger partial charge in [-0.15, -0.1) is 0 Å². The van der Waals surface area contributed by atoms with Crippen molar-refractivity contribution in [3.8, 4) is 0 Å². The van der Waals surface area contributed by atoms with E-state index >= 15 is 0 Å². The van der Waals surface area contributed by atoms with Crippen molar-refractivity contribution < 1.29 is 0 Å². The molecule has 5 rings (SSSR count). The molecule has 0 unspecified atom stereocenters. The van der Waals surface area contributed by atoms with Gasteiger partial charge in [0.05, 0.1) is 35.3 Å². The molecular weight excluding hydrogens is 348 g/mol. The Bertz CT molecular complexity index is 869. The zero-order valence-electron chi connectivity index (χ0n) is 14.7. The van der Waals surface area contributed by atoms with Crippen molar-refractivity contribution in [2.75, 3.05) is 19.6 Å². The van der Waals surface area contributed by atoms with Gasteiger partial charge in [-0.1, -0.05) is 23.7 Å². The lowest BCUT2D eigenvalue weighted by atomic mass is 10.1. The summed E-state index contributed by atoms with van der Waals surface area (Å²) in [5.41, 5.74) is 2.19. The summed E-state index contributed by atoms with van der Waals surface area (Å²) in [6.45, 7) is 5.17. The largest absolute Gasteiger partial charge is 0.341 e. The number of hydrogen-bond acceptors (Lipinski definition) is 4. The molecule has 2 atom stereocenters. The van der Waals surface area contributed by atoms with E-state index < -0.39 is 0 Å². The molecule has 3 aromatic rings. The van der Waals surface area contributed by atoms with Crippen LogP contribution in [0.2, 0.25) is 5.02 Å². The molecule has 26 heavy (non-hydrogen) atoms. The molecular formula is C19H23ClN6. The van der Waals surface area contributed by atoms with Crippen molar-refractivity contribution in [3.05, 3.63) is 47.5 Å². The number of likely N-dealkylation sites (tertiary alicyclic amines) is 2. The number of fused-ring (bicyclic) bond motifs is 2. The Labute approximate surface area is 157 Å². The van der Waals surface area contributed by atoms with Gasteiger partial charge in [-0.25, -0.2) is 4.98 Å². The first-order chi connectivity index (χ1) is 12.8. The molecule has 0 radical (unpaired) electrons. The molecule has 136 valence electrons. The summed E-state index contributed by atoms with van der Waals surface area (Å²) in [4.78, 5) is 13.5. The van der Waals surface area contributed by atoms with Gasteiger partial charge in [-0.3, -0.25) is 14.5 Å². The first-order valence-electron chi connectivity index (χ1n) is 9.36. The number of nitrogens with zero attached hydrogens (tertiary/aromatic N) is 5. The number of aromatic nitrogens is 4. The van der Waals surface area contributed by atoms with Crippen molar-refractivity contribution in [1.82, 2.24) is 29.5 Å². The third kappa shape index (κ3) is 3.02. The van der Waals surface area contributed by atoms with E-state index in [-0.39, 0.29) is 0 Å². The van der Waals surface area contributed by atoms with E-state index in [1.807, 2.05) is 16.9 Å². The van der Waals surface area contributed by atoms with Gasteiger partial charge in [0, 0.05) is 37.9 Å². The minimum atomic E-state index is 0.643. The highest BCUT2D eigenvalue weighted by Crippen LogP contribution is 2.32. The van der Waals surface area contributed by atoms with E-state index in [0.29, 0.717) is 17.1 Å². The molecule has 1 N–H and O–H groups in total. The molecule has 0 bridgehead atoms. The fourth-order valence-electron chi connectivity index (χ4n) is 4.60. The monoisotopic (exact) mass is 370 g/mol. The Kier molecular flexibility index (Phi) is 4.19. The fourth-order valence-corrected chi connectivity index (χ4v) is 4.76. The zero-order valence-corrected chi connectivity index (χ0v) is 15.4. The average Bonchev–Trinajstić information content (AvgIpc) is 3.39. The van der Waals surface area contributed by atoms with Crippen LogP contribution in [0.1, 0.15) is 18.7 Å². The SMILES string of the molecule is Clc1cnn(CCN2CC[C@H]3[C@@H]2CCN3Cc2nc3ccccc3[nH]2)c1. The lowest BCUT2D eigenvalue weighted by molar-refractivity contribution is 0.209. The minimum Gasteiger partial charge on any atom is -0.341 e. The van der Waals surface area contributed by atoms with Gasteiger partial charge in [0.25, 0.3) is 0 Å². The number of imidazole rings is 1. The highest BCUT2D eigenvalue weighted by Gasteiger charge is 2.42. The quantitative estimate of drug-likeness (QED) is 0.750. The number of nitrogens with one attached hydrogen (secondary N) is 1. The van der Waals surface area contributed by atoms with E-state index in [0.717, 1.165) is 43.0 Å². The van der Waals surface area contributed by atoms with Crippen LogP contribution in [0.25, 0.3) is 11.0 Å². The van der Waals surface area contributed by atoms with Crippen LogP contribution in [0, 0.1) is 0 Å². The van der Waals surface area contributed by atoms with Crippen molar-refractivity contribution in [2.24, 2.45) is 0 Å². The van der Waals surface area contributed by atoms with Gasteiger partial charge in [-0.2, -0.15) is 5.10 Å². The molecule has 4 heterocycles. The van der Waals surface area contributed by atoms with Gasteiger partial charge in [0.1, 0.15) is 5.82 Å². The molecule has 0 aliphatic carbocycles. The van der Waals surface area contributed by atoms with Gasteiger partial charge < -0.3 is 4.98 Å². The van der Waals surface area contributed by atoms with Crippen molar-refractivity contribution in [1.29, 1.82) is 0 Å². The van der Waals surface area contributed by atoms with Crippen LogP contribution in [0.5, 0.6) is 0 Å². The summed E-state index contributed by atoms with van der Waals surface area (Å²) in [5.74, 6) is 1.08. The number of aromatic amines is 1. The standard InChI is InChI=1S/C19H23ClN6/c20-14-11-21-26(12-14)10-9-24-7-5-18-17(24)6-8-25(18)13-19-22-15-3-1-2-4-16(15)23-19/h1-4,11-12,17-18H,5-10,13H2,(H,22,23)/t17-,18-/m0/s1. The lowest BCUT2D eigenvalue weighted by Gasteiger charge is -2.25. The Morgan fingerprint density at radius 1 is 1.08 bits per heavy atom. The van der Waals surface area contributed by atoms with Crippen LogP contribution in [0.15, 0.2) is 36.7 Å². The van der Waals surface area contributed by atoms with E-state index in [2.05, 4.69) is 38.1 Å². The highest BCUT2D eigenvalue weighted by atomic mass is 35.5. The van der Waals surface area contributed by atoms with Gasteiger partial charge in [0.2, 0.25) is 0 Å². The Balaban J connectivity index is 1.22. The Morgan fingerprint density at radius 3 is 2.69 bits per heavy atom. The summed E-state index contributed by atoms with van der Waals surface area (Å²) in [6, 6.07) is 9.56. The fraction of sp³-hybridized carbons (Fsp3) is 0.474. The molecule has 1 aromatic carbocycles. The molecule has 2 saturated heterocycles. The maximum Gasteiger partial charge on any atom is 0.121 e. The number of halogens is 1. The second-order valence-electron chi connectivity index (χ2n) is 7.34. The summed E-state index contributed by atoms with van der Waals surface area (Å²) >= 11 is 5.96. The molecule has 2 aromatic heterocycles. The topological polar surface area (TPSA) is 53.0 Å². The van der Waals surface area contributed by atoms with Gasteiger partial charge >= 0.3 is 0 Å². The first kappa shape index (κ1) is 16.3. The molecule has 2 fully saturated rings. The van der Waals surface area contributed by atoms with E-state index in [1.54, 1.807) is 6.20 Å². The first-order valence-corrected chi connectivity index (χ1v) is 9.74. The summed E-state index contributed by atoms with van der Waals surface area (Å²) in [6.07, 6.45) is 6.09. The maximum absolute atomic E-state index is 5.96. The smallest absolute Gasteiger partial charge is 0.121 e. The highest BCUT2D eigenvalue weighted by molar-refractivity contribution is 6.30. The van der Waals surface area contributed by atoms with Crippen LogP contribution >= 0.6 is 11.6 Å². The molecule has 7 heteroatoms. The van der Waals surface area contributed by atoms with Crippen LogP contribution in [-0.2, 0) is 13.1 Å². The third-order valence-corrected chi connectivity index (χ3v) is 6.01. The number of rotatable bonds is 5. The number of H-pyrrole nitrogens is 1. The molecule has 2 aliphatic heterocycles. The van der Waals surface area contributed by atoms with E-state index in [4.69, 9.17) is 16.6 Å². The predicted molar refractivity (Wildman–Crippen MR) is 102 cm³/mol. The third-order valence-electron chi connectivity index (χ3n) is 5.82. The van der Waals surface area contributed by atoms with Crippen LogP contribution in [0.3, 0.4) is 0 Å². The second-order valence-corrected chi connectivity index (χ2v) is 7.78. The molecule has 2 aliphatic rings. The summed E-state index contributed by atoms with van der Waals surface area (Å²) in [7, 11) is 0. The van der Waals surface area contributed by atoms with Crippen molar-refractivity contribution in [2.45, 2.75) is 38.0 Å². The molecule has 0 saturated carbocycles. The van der Waals surface area contributed by atoms with Crippen LogP contribution < -0.4 is 0 Å². The molecule has 0 spiro atoms. The summed E-state index contributed by atoms with van der Waals surface area (Å²) in [5, 5.41) is 5.00. The van der Waals surface area contributed by atoms with E-state index in [1.165, 1.54) is 19.4 Å². The Morgan fingerprint density at radius 2 is 1.88 bits per heavy atom. The van der Waals surface area contributed by atoms with Crippen molar-refractivity contribution in [3.63, 3.8) is 0 Å². The van der Waals surface area contributed by atoms with Crippen molar-refractivity contribution >= 4 is 22.6 Å². The molecule has 6 nitrogen and oxygen atoms in total. The molecule has 0 amide bonds. The van der Waals surface area contributed by atoms with Crippen LogP contribution in [-0.4, -0.2) is 61.3 Å². The predicted octanol–water partition coefficient (Wildman–Crippen LogP) is 2.76. The second kappa shape index (κ2) is 6.68. The zero-order chi connectivity index (χ0) is 17.5. The normalized spacial score (nSPS) is 23.9. The maximum atomic E-state index is 5.96. The minimum absolute atomic E-state index is 0.643. The summed E-state index contributed by atoms with van der Waals surface area (Å²) < 4.78 is 1.94. The van der Waals surface area contributed by atoms with E-state index in [9.17, 15) is 0 Å². The Hall–Kier alpha value is -1.89. The average molecular weight is 371 g/mol. The van der Waals surface area contributed by atoms with Gasteiger partial charge in [0.15, 0.2) is 0 Å². The van der Waals surface area contributed by atoms with Gasteiger partial charge in [-0.05, 0) is 25.0 Å². The number of benzene rings is 1. The lowest BCUT2D eigenvalue weighted by Crippen LogP contribution is -2.37.